The van der Waals surface area contributed by atoms with Gasteiger partial charge in [0.15, 0.2) is 0 Å². The molecule has 0 aliphatic rings. The zero-order valence-corrected chi connectivity index (χ0v) is 4.77. The summed E-state index contributed by atoms with van der Waals surface area (Å²) in [6, 6.07) is 0. The lowest BCUT2D eigenvalue weighted by atomic mass is 11.0. The molecule has 0 N–H and O–H groups in total. The molecule has 0 spiro atoms. The first-order valence-corrected chi connectivity index (χ1v) is 2.26. The predicted molar refractivity (Wildman–Crippen MR) is 28.8 cm³/mol. The van der Waals surface area contributed by atoms with Crippen molar-refractivity contribution in [1.29, 1.82) is 0 Å². The minimum Gasteiger partial charge on any atom is -0.233 e. The lowest BCUT2D eigenvalue weighted by Crippen LogP contribution is -1.87. The van der Waals surface area contributed by atoms with Crippen molar-refractivity contribution in [2.24, 2.45) is 12.0 Å². The van der Waals surface area contributed by atoms with Crippen LogP contribution in [0, 0.1) is 0 Å². The fourth-order valence-electron chi connectivity index (χ4n) is 0.432. The van der Waals surface area contributed by atoms with Gasteiger partial charge in [-0.1, -0.05) is 0 Å². The molecule has 0 aliphatic carbocycles. The molecule has 0 atom stereocenters. The third kappa shape index (κ3) is 1.00. The number of hydrogen-bond donors (Lipinski definition) is 0. The first kappa shape index (κ1) is 5.65. The maximum atomic E-state index is 9.65. The Balaban J connectivity index is 3.07. The third-order valence-corrected chi connectivity index (χ3v) is 0.833. The van der Waals surface area contributed by atoms with Gasteiger partial charge in [-0.25, -0.2) is 9.48 Å². The van der Waals surface area contributed by atoms with Gasteiger partial charge in [0.2, 0.25) is 6.08 Å². The lowest BCUT2D eigenvalue weighted by molar-refractivity contribution is 0.564. The van der Waals surface area contributed by atoms with Gasteiger partial charge in [-0.15, -0.1) is 4.99 Å². The Labute approximate surface area is 51.0 Å². The van der Waals surface area contributed by atoms with Gasteiger partial charge >= 0.3 is 0 Å². The molecule has 0 saturated heterocycles. The van der Waals surface area contributed by atoms with Gasteiger partial charge in [-0.2, -0.15) is 10.1 Å². The number of hydrogen-bond acceptors (Lipinski definition) is 4. The predicted octanol–water partition coefficient (Wildman–Crippen LogP) is -0.218. The van der Waals surface area contributed by atoms with Crippen LogP contribution in [-0.2, 0) is 11.8 Å². The van der Waals surface area contributed by atoms with E-state index >= 15 is 0 Å². The summed E-state index contributed by atoms with van der Waals surface area (Å²) < 4.78 is 1.38. The van der Waals surface area contributed by atoms with Crippen LogP contribution < -0.4 is 0 Å². The van der Waals surface area contributed by atoms with E-state index in [0.717, 1.165) is 0 Å². The summed E-state index contributed by atoms with van der Waals surface area (Å²) in [5.41, 5.74) is 0. The largest absolute Gasteiger partial charge is 0.258 e. The monoisotopic (exact) mass is 124 g/mol. The summed E-state index contributed by atoms with van der Waals surface area (Å²) in [6.45, 7) is 0. The molecule has 0 bridgehead atoms. The van der Waals surface area contributed by atoms with E-state index in [4.69, 9.17) is 0 Å². The summed E-state index contributed by atoms with van der Waals surface area (Å²) in [5, 5.41) is 3.67. The maximum absolute atomic E-state index is 9.65. The van der Waals surface area contributed by atoms with Crippen LogP contribution in [0.1, 0.15) is 0 Å². The lowest BCUT2D eigenvalue weighted by Gasteiger charge is -1.84. The Morgan fingerprint density at radius 3 is 3.11 bits per heavy atom. The second-order valence-corrected chi connectivity index (χ2v) is 1.39. The second-order valence-electron chi connectivity index (χ2n) is 1.39. The van der Waals surface area contributed by atoms with Crippen LogP contribution in [0.4, 0.5) is 5.95 Å². The van der Waals surface area contributed by atoms with Crippen molar-refractivity contribution in [3.8, 4) is 0 Å². The first-order chi connectivity index (χ1) is 4.34. The molecule has 0 unspecified atom stereocenters. The van der Waals surface area contributed by atoms with Gasteiger partial charge in [0.05, 0.1) is 0 Å². The summed E-state index contributed by atoms with van der Waals surface area (Å²) in [6.07, 6.45) is 2.68. The number of rotatable bonds is 1. The highest BCUT2D eigenvalue weighted by atomic mass is 16.1. The standard InChI is InChI=1S/C4H4N4O/c1-8-4(6-3-9)5-2-7-8/h2H,1H3. The molecule has 0 aliphatic heterocycles. The van der Waals surface area contributed by atoms with Gasteiger partial charge in [-0.05, 0) is 0 Å². The number of aromatic nitrogens is 3. The van der Waals surface area contributed by atoms with E-state index in [-0.39, 0.29) is 5.95 Å². The molecule has 0 radical (unpaired) electrons. The van der Waals surface area contributed by atoms with Crippen LogP contribution in [0.25, 0.3) is 0 Å². The van der Waals surface area contributed by atoms with Gasteiger partial charge in [0.1, 0.15) is 6.33 Å². The highest BCUT2D eigenvalue weighted by Gasteiger charge is 1.93. The summed E-state index contributed by atoms with van der Waals surface area (Å²) in [4.78, 5) is 16.5. The summed E-state index contributed by atoms with van der Waals surface area (Å²) >= 11 is 0. The Morgan fingerprint density at radius 2 is 2.67 bits per heavy atom. The zero-order chi connectivity index (χ0) is 6.69. The molecule has 1 aromatic rings. The van der Waals surface area contributed by atoms with Crippen LogP contribution in [0.5, 0.6) is 0 Å². The maximum Gasteiger partial charge on any atom is 0.258 e. The molecule has 0 fully saturated rings. The summed E-state index contributed by atoms with van der Waals surface area (Å²) in [7, 11) is 1.64. The Kier molecular flexibility index (Phi) is 1.38. The van der Waals surface area contributed by atoms with Crippen molar-refractivity contribution in [2.45, 2.75) is 0 Å². The van der Waals surface area contributed by atoms with Crippen LogP contribution in [-0.4, -0.2) is 20.8 Å². The molecule has 1 aromatic heterocycles. The average Bonchev–Trinajstić information content (AvgIpc) is 2.18. The minimum absolute atomic E-state index is 0.269. The van der Waals surface area contributed by atoms with Crippen LogP contribution in [0.3, 0.4) is 0 Å². The molecule has 0 amide bonds. The van der Waals surface area contributed by atoms with Crippen molar-refractivity contribution in [3.05, 3.63) is 6.33 Å². The number of aliphatic imine (C=N–C) groups is 1. The van der Waals surface area contributed by atoms with Crippen molar-refractivity contribution in [2.75, 3.05) is 0 Å². The van der Waals surface area contributed by atoms with Crippen molar-refractivity contribution < 1.29 is 4.79 Å². The number of carbonyl (C=O) groups excluding carboxylic acids is 1. The van der Waals surface area contributed by atoms with E-state index < -0.39 is 0 Å². The van der Waals surface area contributed by atoms with Crippen LogP contribution >= 0.6 is 0 Å². The molecular formula is C4H4N4O. The van der Waals surface area contributed by atoms with Crippen molar-refractivity contribution in [1.82, 2.24) is 14.8 Å². The third-order valence-electron chi connectivity index (χ3n) is 0.833. The highest BCUT2D eigenvalue weighted by molar-refractivity contribution is 5.40. The topological polar surface area (TPSA) is 60.1 Å². The van der Waals surface area contributed by atoms with E-state index in [2.05, 4.69) is 15.1 Å². The second kappa shape index (κ2) is 2.19. The minimum atomic E-state index is 0.269. The molecular weight excluding hydrogens is 120 g/mol. The van der Waals surface area contributed by atoms with E-state index in [1.165, 1.54) is 17.1 Å². The SMILES string of the molecule is Cn1ncnc1N=C=O. The smallest absolute Gasteiger partial charge is 0.233 e. The van der Waals surface area contributed by atoms with E-state index in [1.54, 1.807) is 7.05 Å². The van der Waals surface area contributed by atoms with Gasteiger partial charge in [0.25, 0.3) is 5.95 Å². The van der Waals surface area contributed by atoms with Gasteiger partial charge < -0.3 is 0 Å². The number of isocyanates is 1. The molecule has 9 heavy (non-hydrogen) atoms. The van der Waals surface area contributed by atoms with Gasteiger partial charge in [0, 0.05) is 7.05 Å². The van der Waals surface area contributed by atoms with Crippen molar-refractivity contribution in [3.63, 3.8) is 0 Å². The average molecular weight is 124 g/mol. The zero-order valence-electron chi connectivity index (χ0n) is 4.77. The fourth-order valence-corrected chi connectivity index (χ4v) is 0.432. The molecule has 1 rings (SSSR count). The van der Waals surface area contributed by atoms with E-state index in [1.807, 2.05) is 0 Å². The number of nitrogens with zero attached hydrogens (tertiary/aromatic N) is 4. The fraction of sp³-hybridized carbons (Fsp3) is 0.250. The van der Waals surface area contributed by atoms with Crippen LogP contribution in [0.15, 0.2) is 11.3 Å². The summed E-state index contributed by atoms with van der Waals surface area (Å²) in [5.74, 6) is 0.269. The highest BCUT2D eigenvalue weighted by Crippen LogP contribution is 1.99. The normalized spacial score (nSPS) is 8.56. The van der Waals surface area contributed by atoms with E-state index in [0.29, 0.717) is 0 Å². The molecule has 0 aromatic carbocycles. The van der Waals surface area contributed by atoms with Crippen molar-refractivity contribution >= 4 is 12.0 Å². The molecule has 5 heteroatoms. The molecule has 1 heterocycles. The molecule has 0 saturated carbocycles. The molecule has 5 nitrogen and oxygen atoms in total. The Hall–Kier alpha value is -1.48. The first-order valence-electron chi connectivity index (χ1n) is 2.26. The van der Waals surface area contributed by atoms with Crippen LogP contribution in [0.2, 0.25) is 0 Å². The Morgan fingerprint density at radius 1 is 1.89 bits per heavy atom. The van der Waals surface area contributed by atoms with Gasteiger partial charge in [-0.3, -0.25) is 0 Å². The number of aryl methyl sites for hydroxylation is 1. The quantitative estimate of drug-likeness (QED) is 0.384. The van der Waals surface area contributed by atoms with E-state index in [9.17, 15) is 4.79 Å². The molecule has 46 valence electrons. The Bertz CT molecular complexity index is 247.